The number of nitrogens with one attached hydrogen (secondary N) is 1. The summed E-state index contributed by atoms with van der Waals surface area (Å²) in [6.07, 6.45) is 1.32. The summed E-state index contributed by atoms with van der Waals surface area (Å²) in [5.41, 5.74) is 0.342. The largest absolute Gasteiger partial charge is 0.508 e. The molecule has 3 nitrogen and oxygen atoms in total. The van der Waals surface area contributed by atoms with Crippen LogP contribution in [-0.4, -0.2) is 29.4 Å². The molecule has 0 radical (unpaired) electrons. The lowest BCUT2D eigenvalue weighted by molar-refractivity contribution is 0.0520. The molecule has 1 atom stereocenters. The molecule has 0 heterocycles. The number of phenols is 1. The Bertz CT molecular complexity index is 293. The zero-order valence-corrected chi connectivity index (χ0v) is 9.33. The highest BCUT2D eigenvalue weighted by molar-refractivity contribution is 5.26. The van der Waals surface area contributed by atoms with Gasteiger partial charge in [-0.25, -0.2) is 0 Å². The third kappa shape index (κ3) is 4.32. The second-order valence-electron chi connectivity index (χ2n) is 4.19. The second-order valence-corrected chi connectivity index (χ2v) is 4.19. The van der Waals surface area contributed by atoms with Crippen molar-refractivity contribution in [1.82, 2.24) is 5.32 Å². The number of hydrogen-bond donors (Lipinski definition) is 3. The average Bonchev–Trinajstić information content (AvgIpc) is 2.18. The standard InChI is InChI=1S/C12H19NO2/c1-12(15,7-8-13-2)9-10-3-5-11(14)6-4-10/h3-6,13-15H,7-9H2,1-2H3. The minimum absolute atomic E-state index is 0.258. The molecule has 3 N–H and O–H groups in total. The van der Waals surface area contributed by atoms with Gasteiger partial charge in [0.05, 0.1) is 5.60 Å². The van der Waals surface area contributed by atoms with Crippen LogP contribution in [0.25, 0.3) is 0 Å². The summed E-state index contributed by atoms with van der Waals surface area (Å²) in [5.74, 6) is 0.258. The van der Waals surface area contributed by atoms with Gasteiger partial charge in [0.1, 0.15) is 5.75 Å². The maximum atomic E-state index is 10.1. The zero-order valence-electron chi connectivity index (χ0n) is 9.33. The molecule has 0 aromatic heterocycles. The third-order valence-electron chi connectivity index (χ3n) is 2.43. The molecule has 0 fully saturated rings. The van der Waals surface area contributed by atoms with Crippen molar-refractivity contribution in [1.29, 1.82) is 0 Å². The summed E-state index contributed by atoms with van der Waals surface area (Å²) in [4.78, 5) is 0. The van der Waals surface area contributed by atoms with E-state index in [2.05, 4.69) is 5.32 Å². The lowest BCUT2D eigenvalue weighted by Crippen LogP contribution is -2.31. The van der Waals surface area contributed by atoms with E-state index in [0.717, 1.165) is 12.1 Å². The van der Waals surface area contributed by atoms with Crippen LogP contribution in [-0.2, 0) is 6.42 Å². The molecule has 0 amide bonds. The van der Waals surface area contributed by atoms with Crippen molar-refractivity contribution in [3.63, 3.8) is 0 Å². The maximum Gasteiger partial charge on any atom is 0.115 e. The third-order valence-corrected chi connectivity index (χ3v) is 2.43. The lowest BCUT2D eigenvalue weighted by Gasteiger charge is -2.23. The predicted molar refractivity (Wildman–Crippen MR) is 61.0 cm³/mol. The first kappa shape index (κ1) is 12.0. The van der Waals surface area contributed by atoms with E-state index >= 15 is 0 Å². The molecule has 0 saturated carbocycles. The number of phenolic OH excluding ortho intramolecular Hbond substituents is 1. The number of benzene rings is 1. The molecule has 0 aliphatic rings. The topological polar surface area (TPSA) is 52.5 Å². The summed E-state index contributed by atoms with van der Waals surface area (Å²) < 4.78 is 0. The average molecular weight is 209 g/mol. The lowest BCUT2D eigenvalue weighted by atomic mass is 9.93. The van der Waals surface area contributed by atoms with Crippen LogP contribution >= 0.6 is 0 Å². The Morgan fingerprint density at radius 3 is 2.40 bits per heavy atom. The van der Waals surface area contributed by atoms with Gasteiger partial charge in [0.25, 0.3) is 0 Å². The fraction of sp³-hybridized carbons (Fsp3) is 0.500. The monoisotopic (exact) mass is 209 g/mol. The number of aliphatic hydroxyl groups is 1. The van der Waals surface area contributed by atoms with Gasteiger partial charge in [-0.15, -0.1) is 0 Å². The first-order chi connectivity index (χ1) is 7.03. The molecular formula is C12H19NO2. The van der Waals surface area contributed by atoms with Gasteiger partial charge < -0.3 is 15.5 Å². The first-order valence-corrected chi connectivity index (χ1v) is 5.18. The van der Waals surface area contributed by atoms with E-state index < -0.39 is 5.60 Å². The Morgan fingerprint density at radius 2 is 1.87 bits per heavy atom. The molecule has 84 valence electrons. The zero-order chi connectivity index (χ0) is 11.3. The first-order valence-electron chi connectivity index (χ1n) is 5.18. The Hall–Kier alpha value is -1.06. The molecule has 0 spiro atoms. The molecule has 0 aliphatic carbocycles. The second kappa shape index (κ2) is 5.14. The van der Waals surface area contributed by atoms with Crippen LogP contribution in [0.2, 0.25) is 0 Å². The van der Waals surface area contributed by atoms with Gasteiger partial charge in [-0.3, -0.25) is 0 Å². The highest BCUT2D eigenvalue weighted by Crippen LogP contribution is 2.18. The summed E-state index contributed by atoms with van der Waals surface area (Å²) in [7, 11) is 1.87. The fourth-order valence-electron chi connectivity index (χ4n) is 1.54. The van der Waals surface area contributed by atoms with Crippen LogP contribution < -0.4 is 5.32 Å². The molecule has 0 aliphatic heterocycles. The number of hydrogen-bond acceptors (Lipinski definition) is 3. The van der Waals surface area contributed by atoms with Crippen LogP contribution in [0, 0.1) is 0 Å². The minimum atomic E-state index is -0.694. The van der Waals surface area contributed by atoms with Gasteiger partial charge >= 0.3 is 0 Å². The summed E-state index contributed by atoms with van der Waals surface area (Å²) >= 11 is 0. The van der Waals surface area contributed by atoms with Crippen molar-refractivity contribution in [2.45, 2.75) is 25.4 Å². The van der Waals surface area contributed by atoms with Crippen LogP contribution in [0.4, 0.5) is 0 Å². The number of aromatic hydroxyl groups is 1. The highest BCUT2D eigenvalue weighted by Gasteiger charge is 2.19. The molecule has 0 saturated heterocycles. The quantitative estimate of drug-likeness (QED) is 0.685. The Kier molecular flexibility index (Phi) is 4.12. The van der Waals surface area contributed by atoms with Crippen LogP contribution in [0.15, 0.2) is 24.3 Å². The van der Waals surface area contributed by atoms with Gasteiger partial charge in [-0.2, -0.15) is 0 Å². The molecule has 1 aromatic rings. The van der Waals surface area contributed by atoms with Gasteiger partial charge in [-0.1, -0.05) is 12.1 Å². The Labute approximate surface area is 90.8 Å². The number of rotatable bonds is 5. The highest BCUT2D eigenvalue weighted by atomic mass is 16.3. The van der Waals surface area contributed by atoms with E-state index in [1.165, 1.54) is 0 Å². The molecule has 1 unspecified atom stereocenters. The van der Waals surface area contributed by atoms with Crippen molar-refractivity contribution in [3.05, 3.63) is 29.8 Å². The molecule has 0 bridgehead atoms. The molecule has 3 heteroatoms. The SMILES string of the molecule is CNCCC(C)(O)Cc1ccc(O)cc1. The molecular weight excluding hydrogens is 190 g/mol. The van der Waals surface area contributed by atoms with Crippen molar-refractivity contribution in [2.24, 2.45) is 0 Å². The van der Waals surface area contributed by atoms with E-state index in [1.54, 1.807) is 12.1 Å². The van der Waals surface area contributed by atoms with E-state index in [1.807, 2.05) is 26.1 Å². The van der Waals surface area contributed by atoms with Crippen molar-refractivity contribution >= 4 is 0 Å². The Balaban J connectivity index is 2.56. The molecule has 1 rings (SSSR count). The van der Waals surface area contributed by atoms with Crippen molar-refractivity contribution in [2.75, 3.05) is 13.6 Å². The van der Waals surface area contributed by atoms with Crippen LogP contribution in [0.5, 0.6) is 5.75 Å². The van der Waals surface area contributed by atoms with Gasteiger partial charge in [0, 0.05) is 6.42 Å². The molecule has 1 aromatic carbocycles. The minimum Gasteiger partial charge on any atom is -0.508 e. The van der Waals surface area contributed by atoms with Gasteiger partial charge in [0.2, 0.25) is 0 Å². The smallest absolute Gasteiger partial charge is 0.115 e. The van der Waals surface area contributed by atoms with E-state index in [4.69, 9.17) is 5.11 Å². The van der Waals surface area contributed by atoms with Crippen LogP contribution in [0.3, 0.4) is 0 Å². The van der Waals surface area contributed by atoms with E-state index in [9.17, 15) is 5.11 Å². The fourth-order valence-corrected chi connectivity index (χ4v) is 1.54. The Morgan fingerprint density at radius 1 is 1.27 bits per heavy atom. The molecule has 15 heavy (non-hydrogen) atoms. The van der Waals surface area contributed by atoms with Crippen LogP contribution in [0.1, 0.15) is 18.9 Å². The summed E-state index contributed by atoms with van der Waals surface area (Å²) in [5, 5.41) is 22.2. The van der Waals surface area contributed by atoms with Gasteiger partial charge in [0.15, 0.2) is 0 Å². The van der Waals surface area contributed by atoms with Gasteiger partial charge in [-0.05, 0) is 44.6 Å². The summed E-state index contributed by atoms with van der Waals surface area (Å²) in [6, 6.07) is 6.96. The van der Waals surface area contributed by atoms with E-state index in [0.29, 0.717) is 12.8 Å². The maximum absolute atomic E-state index is 10.1. The van der Waals surface area contributed by atoms with Crippen molar-refractivity contribution in [3.8, 4) is 5.75 Å². The van der Waals surface area contributed by atoms with E-state index in [-0.39, 0.29) is 5.75 Å². The predicted octanol–water partition coefficient (Wildman–Crippen LogP) is 1.30. The normalized spacial score (nSPS) is 14.9. The summed E-state index contributed by atoms with van der Waals surface area (Å²) in [6.45, 7) is 2.63. The van der Waals surface area contributed by atoms with Crippen molar-refractivity contribution < 1.29 is 10.2 Å².